The van der Waals surface area contributed by atoms with E-state index >= 15 is 0 Å². The van der Waals surface area contributed by atoms with E-state index in [-0.39, 0.29) is 5.97 Å². The van der Waals surface area contributed by atoms with Crippen molar-refractivity contribution in [1.82, 2.24) is 5.32 Å². The van der Waals surface area contributed by atoms with Gasteiger partial charge < -0.3 is 9.74 Å². The molecule has 0 bridgehead atoms. The van der Waals surface area contributed by atoms with Crippen LogP contribution in [0.4, 0.5) is 0 Å². The van der Waals surface area contributed by atoms with Gasteiger partial charge >= 0.3 is 5.97 Å². The molecule has 0 amide bonds. The molecule has 112 valence electrons. The van der Waals surface area contributed by atoms with E-state index in [0.29, 0.717) is 11.2 Å². The highest BCUT2D eigenvalue weighted by Crippen LogP contribution is 2.24. The Morgan fingerprint density at radius 1 is 1.05 bits per heavy atom. The number of hydrogen-bond acceptors (Lipinski definition) is 3. The molecule has 3 nitrogen and oxygen atoms in total. The van der Waals surface area contributed by atoms with Crippen LogP contribution in [0.15, 0.2) is 24.3 Å². The van der Waals surface area contributed by atoms with Crippen LogP contribution in [0.5, 0.6) is 0 Å². The molecule has 1 unspecified atom stereocenters. The monoisotopic (exact) mass is 309 g/mol. The molecule has 1 N–H and O–H groups in total. The predicted octanol–water partition coefficient (Wildman–Crippen LogP) is 3.82. The van der Waals surface area contributed by atoms with Gasteiger partial charge in [0.2, 0.25) is 8.32 Å². The zero-order valence-electron chi connectivity index (χ0n) is 13.7. The van der Waals surface area contributed by atoms with Crippen molar-refractivity contribution >= 4 is 22.4 Å². The Morgan fingerprint density at radius 2 is 1.55 bits per heavy atom. The third kappa shape index (κ3) is 4.88. The summed E-state index contributed by atoms with van der Waals surface area (Å²) >= 11 is 0. The van der Waals surface area contributed by atoms with E-state index in [1.165, 1.54) is 5.56 Å². The van der Waals surface area contributed by atoms with Gasteiger partial charge in [0.05, 0.1) is 13.6 Å². The minimum Gasteiger partial charge on any atom is -0.516 e. The van der Waals surface area contributed by atoms with Crippen molar-refractivity contribution in [1.29, 1.82) is 0 Å². The molecule has 0 saturated carbocycles. The van der Waals surface area contributed by atoms with Gasteiger partial charge in [-0.15, -0.1) is 0 Å². The molecule has 0 radical (unpaired) electrons. The first-order valence-electron chi connectivity index (χ1n) is 7.05. The first-order chi connectivity index (χ1) is 9.04. The highest BCUT2D eigenvalue weighted by molar-refractivity contribution is 6.77. The van der Waals surface area contributed by atoms with Crippen LogP contribution in [-0.2, 0) is 4.43 Å². The molecule has 0 aromatic heterocycles. The van der Waals surface area contributed by atoms with E-state index in [9.17, 15) is 4.79 Å². The van der Waals surface area contributed by atoms with Crippen molar-refractivity contribution in [2.24, 2.45) is 0 Å². The molecule has 1 atom stereocenters. The van der Waals surface area contributed by atoms with Gasteiger partial charge in [-0.25, -0.2) is 4.79 Å². The van der Waals surface area contributed by atoms with Gasteiger partial charge in [-0.2, -0.15) is 0 Å². The molecule has 0 saturated heterocycles. The number of carbonyl (C=O) groups excluding carboxylic acids is 1. The van der Waals surface area contributed by atoms with Gasteiger partial charge in [-0.05, 0) is 44.4 Å². The van der Waals surface area contributed by atoms with E-state index in [0.717, 1.165) is 0 Å². The highest BCUT2D eigenvalue weighted by atomic mass is 28.4. The van der Waals surface area contributed by atoms with Crippen molar-refractivity contribution in [3.8, 4) is 0 Å². The molecule has 0 aliphatic rings. The van der Waals surface area contributed by atoms with Crippen LogP contribution < -0.4 is 5.32 Å². The number of rotatable bonds is 5. The molecule has 0 aliphatic carbocycles. The summed E-state index contributed by atoms with van der Waals surface area (Å²) in [6.45, 7) is 13.1. The van der Waals surface area contributed by atoms with E-state index < -0.39 is 16.4 Å². The summed E-state index contributed by atoms with van der Waals surface area (Å²) in [5.74, 6) is -0.204. The Labute approximate surface area is 124 Å². The summed E-state index contributed by atoms with van der Waals surface area (Å²) in [5.41, 5.74) is 2.28. The number of nitrogens with one attached hydrogen (secondary N) is 1. The second-order valence-electron chi connectivity index (χ2n) is 7.21. The van der Waals surface area contributed by atoms with Crippen molar-refractivity contribution in [2.75, 3.05) is 7.05 Å². The van der Waals surface area contributed by atoms with Crippen molar-refractivity contribution in [2.45, 2.75) is 44.9 Å². The van der Waals surface area contributed by atoms with Crippen molar-refractivity contribution in [3.63, 3.8) is 0 Å². The third-order valence-corrected chi connectivity index (χ3v) is 6.19. The van der Waals surface area contributed by atoms with Crippen LogP contribution in [0.3, 0.4) is 0 Å². The zero-order valence-corrected chi connectivity index (χ0v) is 15.7. The lowest BCUT2D eigenvalue weighted by Gasteiger charge is -2.29. The van der Waals surface area contributed by atoms with E-state index in [1.54, 1.807) is 0 Å². The second-order valence-corrected chi connectivity index (χ2v) is 16.9. The van der Waals surface area contributed by atoms with E-state index in [2.05, 4.69) is 25.0 Å². The Balaban J connectivity index is 2.91. The Morgan fingerprint density at radius 3 is 1.90 bits per heavy atom. The molecule has 0 fully saturated rings. The summed E-state index contributed by atoms with van der Waals surface area (Å²) in [5, 5.41) is 3.40. The van der Waals surface area contributed by atoms with Crippen LogP contribution in [0.25, 0.3) is 0 Å². The molecule has 1 aromatic rings. The number of hydrogen-bond donors (Lipinski definition) is 1. The number of benzene rings is 1. The summed E-state index contributed by atoms with van der Waals surface area (Å²) in [7, 11) is -1.16. The normalized spacial score (nSPS) is 13.9. The quantitative estimate of drug-likeness (QED) is 0.840. The van der Waals surface area contributed by atoms with Crippen LogP contribution in [0.1, 0.15) is 21.6 Å². The summed E-state index contributed by atoms with van der Waals surface area (Å²) in [4.78, 5) is 12.0. The van der Waals surface area contributed by atoms with E-state index in [1.807, 2.05) is 51.0 Å². The van der Waals surface area contributed by atoms with Crippen molar-refractivity contribution in [3.05, 3.63) is 35.4 Å². The van der Waals surface area contributed by atoms with Gasteiger partial charge in [-0.1, -0.05) is 31.8 Å². The van der Waals surface area contributed by atoms with Crippen LogP contribution in [-0.4, -0.2) is 29.4 Å². The smallest absolute Gasteiger partial charge is 0.324 e. The molecule has 5 heteroatoms. The Hall–Kier alpha value is -0.916. The second kappa shape index (κ2) is 6.24. The molecule has 0 aliphatic heterocycles. The van der Waals surface area contributed by atoms with Crippen molar-refractivity contribution < 1.29 is 9.22 Å². The van der Waals surface area contributed by atoms with Gasteiger partial charge in [-0.3, -0.25) is 0 Å². The van der Waals surface area contributed by atoms with Crippen LogP contribution >= 0.6 is 0 Å². The predicted molar refractivity (Wildman–Crippen MR) is 90.4 cm³/mol. The fourth-order valence-electron chi connectivity index (χ4n) is 2.25. The lowest BCUT2D eigenvalue weighted by atomic mass is 10.1. The maximum atomic E-state index is 12.0. The molecule has 20 heavy (non-hydrogen) atoms. The molecular formula is C15H27NO2Si2. The SMILES string of the molecule is CNC(c1ccc(C(=O)O[Si](C)(C)C)cc1)[Si](C)(C)C. The van der Waals surface area contributed by atoms with Gasteiger partial charge in [0.1, 0.15) is 0 Å². The maximum absolute atomic E-state index is 12.0. The van der Waals surface area contributed by atoms with Crippen LogP contribution in [0, 0.1) is 0 Å². The molecule has 1 aromatic carbocycles. The fourth-order valence-corrected chi connectivity index (χ4v) is 4.98. The molecule has 0 heterocycles. The number of carbonyl (C=O) groups is 1. The fraction of sp³-hybridized carbons (Fsp3) is 0.533. The first-order valence-corrected chi connectivity index (χ1v) is 14.0. The minimum absolute atomic E-state index is 0.204. The van der Waals surface area contributed by atoms with E-state index in [4.69, 9.17) is 4.43 Å². The average molecular weight is 310 g/mol. The molecular weight excluding hydrogens is 282 g/mol. The third-order valence-electron chi connectivity index (χ3n) is 3.03. The molecule has 1 rings (SSSR count). The van der Waals surface area contributed by atoms with Gasteiger partial charge in [0.25, 0.3) is 0 Å². The minimum atomic E-state index is -1.83. The average Bonchev–Trinajstić information content (AvgIpc) is 2.26. The summed E-state index contributed by atoms with van der Waals surface area (Å²) in [6.07, 6.45) is 0. The first kappa shape index (κ1) is 17.1. The standard InChI is InChI=1S/C15H27NO2Si2/c1-16-14(19(2,3)4)12-8-10-13(11-9-12)15(17)18-20(5,6)7/h8-11,14,16H,1-7H3. The Bertz CT molecular complexity index is 458. The zero-order chi connectivity index (χ0) is 15.6. The lowest BCUT2D eigenvalue weighted by Crippen LogP contribution is -2.39. The van der Waals surface area contributed by atoms with Gasteiger partial charge in [0.15, 0.2) is 0 Å². The topological polar surface area (TPSA) is 38.3 Å². The summed E-state index contributed by atoms with van der Waals surface area (Å²) < 4.78 is 5.51. The Kier molecular flexibility index (Phi) is 5.35. The lowest BCUT2D eigenvalue weighted by molar-refractivity contribution is 0.0724. The largest absolute Gasteiger partial charge is 0.516 e. The maximum Gasteiger partial charge on any atom is 0.324 e. The molecule has 0 spiro atoms. The highest BCUT2D eigenvalue weighted by Gasteiger charge is 2.27. The summed E-state index contributed by atoms with van der Waals surface area (Å²) in [6, 6.07) is 7.84. The van der Waals surface area contributed by atoms with Gasteiger partial charge in [0, 0.05) is 5.67 Å². The van der Waals surface area contributed by atoms with Crippen LogP contribution in [0.2, 0.25) is 39.3 Å².